The highest BCUT2D eigenvalue weighted by Crippen LogP contribution is 2.22. The third-order valence-corrected chi connectivity index (χ3v) is 3.95. The first-order valence-corrected chi connectivity index (χ1v) is 6.98. The Balaban J connectivity index is 1.77. The number of allylic oxidation sites excluding steroid dienone is 1. The summed E-state index contributed by atoms with van der Waals surface area (Å²) in [4.78, 5) is 0. The molecule has 82 valence electrons. The van der Waals surface area contributed by atoms with Crippen molar-refractivity contribution in [1.29, 1.82) is 0 Å². The maximum Gasteiger partial charge on any atom is -0.00123 e. The minimum absolute atomic E-state index is 0.952. The summed E-state index contributed by atoms with van der Waals surface area (Å²) in [6, 6.07) is 0. The van der Waals surface area contributed by atoms with Gasteiger partial charge in [0.25, 0.3) is 0 Å². The lowest BCUT2D eigenvalue weighted by molar-refractivity contribution is 0.509. The van der Waals surface area contributed by atoms with Crippen molar-refractivity contribution < 1.29 is 0 Å². The lowest BCUT2D eigenvalue weighted by Gasteiger charge is -2.09. The van der Waals surface area contributed by atoms with Crippen LogP contribution >= 0.6 is 11.8 Å². The predicted octanol–water partition coefficient (Wildman–Crippen LogP) is 3.08. The molecule has 14 heavy (non-hydrogen) atoms. The van der Waals surface area contributed by atoms with Crippen LogP contribution in [0.25, 0.3) is 0 Å². The number of nitrogens with one attached hydrogen (secondary N) is 1. The van der Waals surface area contributed by atoms with Crippen molar-refractivity contribution in [3.05, 3.63) is 12.7 Å². The first-order valence-electron chi connectivity index (χ1n) is 5.83. The van der Waals surface area contributed by atoms with E-state index in [9.17, 15) is 0 Å². The largest absolute Gasteiger partial charge is 0.316 e. The molecule has 0 amide bonds. The predicted molar refractivity (Wildman–Crippen MR) is 67.0 cm³/mol. The highest BCUT2D eigenvalue weighted by atomic mass is 32.2. The van der Waals surface area contributed by atoms with E-state index in [0.717, 1.165) is 5.92 Å². The molecule has 0 aromatic carbocycles. The molecule has 1 aliphatic heterocycles. The van der Waals surface area contributed by atoms with Crippen LogP contribution in [-0.2, 0) is 0 Å². The molecule has 1 fully saturated rings. The quantitative estimate of drug-likeness (QED) is 0.491. The van der Waals surface area contributed by atoms with Crippen molar-refractivity contribution in [2.75, 3.05) is 24.6 Å². The van der Waals surface area contributed by atoms with Crippen LogP contribution < -0.4 is 5.32 Å². The second-order valence-electron chi connectivity index (χ2n) is 4.07. The van der Waals surface area contributed by atoms with Gasteiger partial charge in [0, 0.05) is 0 Å². The van der Waals surface area contributed by atoms with Gasteiger partial charge in [0.05, 0.1) is 0 Å². The monoisotopic (exact) mass is 213 g/mol. The van der Waals surface area contributed by atoms with E-state index in [1.54, 1.807) is 0 Å². The van der Waals surface area contributed by atoms with E-state index in [4.69, 9.17) is 0 Å². The molecular weight excluding hydrogens is 190 g/mol. The second-order valence-corrected chi connectivity index (χ2v) is 5.22. The molecule has 1 rings (SSSR count). The summed E-state index contributed by atoms with van der Waals surface area (Å²) in [5, 5.41) is 3.57. The van der Waals surface area contributed by atoms with Crippen LogP contribution in [0.5, 0.6) is 0 Å². The molecule has 0 aromatic rings. The van der Waals surface area contributed by atoms with E-state index in [1.165, 1.54) is 56.7 Å². The van der Waals surface area contributed by atoms with Crippen LogP contribution in [0.4, 0.5) is 0 Å². The van der Waals surface area contributed by atoms with Crippen LogP contribution in [0.3, 0.4) is 0 Å². The van der Waals surface area contributed by atoms with Crippen molar-refractivity contribution in [2.45, 2.75) is 32.1 Å². The Morgan fingerprint density at radius 2 is 2.29 bits per heavy atom. The lowest BCUT2D eigenvalue weighted by Crippen LogP contribution is -2.23. The number of unbranched alkanes of at least 4 members (excludes halogenated alkanes) is 3. The molecule has 1 heterocycles. The van der Waals surface area contributed by atoms with E-state index in [0.29, 0.717) is 0 Å². The number of hydrogen-bond acceptors (Lipinski definition) is 2. The first kappa shape index (κ1) is 12.1. The molecule has 1 nitrogen and oxygen atoms in total. The Kier molecular flexibility index (Phi) is 7.24. The Labute approximate surface area is 92.7 Å². The molecule has 0 saturated carbocycles. The summed E-state index contributed by atoms with van der Waals surface area (Å²) in [7, 11) is 0. The van der Waals surface area contributed by atoms with Gasteiger partial charge in [0.15, 0.2) is 0 Å². The Morgan fingerprint density at radius 1 is 1.36 bits per heavy atom. The average molecular weight is 213 g/mol. The van der Waals surface area contributed by atoms with Gasteiger partial charge in [0.2, 0.25) is 0 Å². The van der Waals surface area contributed by atoms with Gasteiger partial charge in [-0.15, -0.1) is 6.58 Å². The van der Waals surface area contributed by atoms with Crippen LogP contribution in [0.15, 0.2) is 12.7 Å². The van der Waals surface area contributed by atoms with E-state index in [1.807, 2.05) is 6.08 Å². The Bertz CT molecular complexity index is 141. The standard InChI is InChI=1S/C12H23NS/c1-2-3-4-5-6-8-13-10-12-7-9-14-11-12/h2,12-13H,1,3-11H2. The third-order valence-electron chi connectivity index (χ3n) is 2.72. The van der Waals surface area contributed by atoms with Crippen molar-refractivity contribution in [2.24, 2.45) is 5.92 Å². The first-order chi connectivity index (χ1) is 6.93. The molecule has 1 saturated heterocycles. The van der Waals surface area contributed by atoms with Gasteiger partial charge in [0.1, 0.15) is 0 Å². The summed E-state index contributed by atoms with van der Waals surface area (Å²) in [6.45, 7) is 6.18. The molecule has 0 bridgehead atoms. The normalized spacial score (nSPS) is 21.3. The molecule has 1 N–H and O–H groups in total. The highest BCUT2D eigenvalue weighted by molar-refractivity contribution is 7.99. The fraction of sp³-hybridized carbons (Fsp3) is 0.833. The van der Waals surface area contributed by atoms with Gasteiger partial charge < -0.3 is 5.32 Å². The van der Waals surface area contributed by atoms with E-state index in [-0.39, 0.29) is 0 Å². The van der Waals surface area contributed by atoms with Gasteiger partial charge in [-0.2, -0.15) is 11.8 Å². The maximum absolute atomic E-state index is 3.73. The Hall–Kier alpha value is 0.0500. The molecule has 0 spiro atoms. The third kappa shape index (κ3) is 5.71. The lowest BCUT2D eigenvalue weighted by atomic mass is 10.1. The van der Waals surface area contributed by atoms with Gasteiger partial charge >= 0.3 is 0 Å². The topological polar surface area (TPSA) is 12.0 Å². The van der Waals surface area contributed by atoms with E-state index < -0.39 is 0 Å². The summed E-state index contributed by atoms with van der Waals surface area (Å²) in [5.41, 5.74) is 0. The maximum atomic E-state index is 3.73. The second kappa shape index (κ2) is 8.37. The molecule has 0 aromatic heterocycles. The zero-order chi connectivity index (χ0) is 10.1. The zero-order valence-corrected chi connectivity index (χ0v) is 9.95. The van der Waals surface area contributed by atoms with Crippen molar-refractivity contribution in [3.63, 3.8) is 0 Å². The molecule has 2 heteroatoms. The molecule has 1 unspecified atom stereocenters. The van der Waals surface area contributed by atoms with Crippen LogP contribution in [-0.4, -0.2) is 24.6 Å². The number of rotatable bonds is 8. The number of hydrogen-bond donors (Lipinski definition) is 1. The van der Waals surface area contributed by atoms with Gasteiger partial charge in [-0.25, -0.2) is 0 Å². The SMILES string of the molecule is C=CCCCCCNCC1CCSC1. The summed E-state index contributed by atoms with van der Waals surface area (Å²) < 4.78 is 0. The molecular formula is C12H23NS. The fourth-order valence-corrected chi connectivity index (χ4v) is 3.05. The summed E-state index contributed by atoms with van der Waals surface area (Å²) >= 11 is 2.11. The molecule has 0 radical (unpaired) electrons. The average Bonchev–Trinajstić information content (AvgIpc) is 2.69. The van der Waals surface area contributed by atoms with E-state index in [2.05, 4.69) is 23.7 Å². The van der Waals surface area contributed by atoms with Crippen LogP contribution in [0, 0.1) is 5.92 Å². The summed E-state index contributed by atoms with van der Waals surface area (Å²) in [5.74, 6) is 3.71. The number of thioether (sulfide) groups is 1. The zero-order valence-electron chi connectivity index (χ0n) is 9.13. The minimum atomic E-state index is 0.952. The summed E-state index contributed by atoms with van der Waals surface area (Å²) in [6.07, 6.45) is 8.60. The van der Waals surface area contributed by atoms with Gasteiger partial charge in [-0.3, -0.25) is 0 Å². The molecule has 1 aliphatic rings. The van der Waals surface area contributed by atoms with Gasteiger partial charge in [-0.1, -0.05) is 12.5 Å². The van der Waals surface area contributed by atoms with E-state index >= 15 is 0 Å². The van der Waals surface area contributed by atoms with Gasteiger partial charge in [-0.05, 0) is 56.2 Å². The van der Waals surface area contributed by atoms with Crippen molar-refractivity contribution in [1.82, 2.24) is 5.32 Å². The minimum Gasteiger partial charge on any atom is -0.316 e. The van der Waals surface area contributed by atoms with Crippen molar-refractivity contribution in [3.8, 4) is 0 Å². The Morgan fingerprint density at radius 3 is 3.00 bits per heavy atom. The molecule has 1 atom stereocenters. The fourth-order valence-electron chi connectivity index (χ4n) is 1.77. The smallest absolute Gasteiger partial charge is 0.00123 e. The van der Waals surface area contributed by atoms with Crippen LogP contribution in [0.1, 0.15) is 32.1 Å². The van der Waals surface area contributed by atoms with Crippen LogP contribution in [0.2, 0.25) is 0 Å². The van der Waals surface area contributed by atoms with Crippen molar-refractivity contribution >= 4 is 11.8 Å². The molecule has 0 aliphatic carbocycles. The highest BCUT2D eigenvalue weighted by Gasteiger charge is 2.13.